The van der Waals surface area contributed by atoms with Gasteiger partial charge in [0.15, 0.2) is 5.78 Å². The van der Waals surface area contributed by atoms with Crippen molar-refractivity contribution in [1.82, 2.24) is 0 Å². The molecule has 0 aliphatic heterocycles. The molecule has 0 aliphatic rings. The molecular weight excluding hydrogens is 210 g/mol. The molecule has 1 aromatic rings. The normalized spacial score (nSPS) is 12.2. The summed E-state index contributed by atoms with van der Waals surface area (Å²) in [6, 6.07) is 7.93. The van der Waals surface area contributed by atoms with Gasteiger partial charge in [-0.15, -0.1) is 0 Å². The molecule has 0 aromatic heterocycles. The van der Waals surface area contributed by atoms with E-state index in [4.69, 9.17) is 5.26 Å². The van der Waals surface area contributed by atoms with Crippen molar-refractivity contribution in [3.63, 3.8) is 0 Å². The molecule has 1 aromatic carbocycles. The first-order valence-electron chi connectivity index (χ1n) is 5.96. The van der Waals surface area contributed by atoms with E-state index in [1.54, 1.807) is 0 Å². The Bertz CT molecular complexity index is 454. The number of Topliss-reactive ketones (excluding diaryl/α,β-unsaturated/α-hetero) is 1. The van der Waals surface area contributed by atoms with Gasteiger partial charge in [0.25, 0.3) is 0 Å². The van der Waals surface area contributed by atoms with Crippen molar-refractivity contribution < 1.29 is 4.79 Å². The number of hydrogen-bond acceptors (Lipinski definition) is 2. The van der Waals surface area contributed by atoms with Crippen molar-refractivity contribution in [1.29, 1.82) is 5.26 Å². The van der Waals surface area contributed by atoms with Gasteiger partial charge < -0.3 is 0 Å². The molecule has 0 amide bonds. The van der Waals surface area contributed by atoms with Gasteiger partial charge in [0.2, 0.25) is 0 Å². The summed E-state index contributed by atoms with van der Waals surface area (Å²) in [5.41, 5.74) is 2.70. The second-order valence-electron chi connectivity index (χ2n) is 4.99. The standard InChI is InChI=1S/C15H19NO/c1-10(2)7-13(9-16)15(17)14-8-11(3)5-6-12(14)4/h5-6,8,10,13H,7H2,1-4H3. The van der Waals surface area contributed by atoms with E-state index in [9.17, 15) is 4.79 Å². The molecule has 0 saturated carbocycles. The van der Waals surface area contributed by atoms with Crippen LogP contribution in [0.15, 0.2) is 18.2 Å². The Kier molecular flexibility index (Phi) is 4.45. The third-order valence-corrected chi connectivity index (χ3v) is 2.84. The highest BCUT2D eigenvalue weighted by atomic mass is 16.1. The summed E-state index contributed by atoms with van der Waals surface area (Å²) in [4.78, 5) is 12.3. The van der Waals surface area contributed by atoms with Crippen LogP contribution >= 0.6 is 0 Å². The number of carbonyl (C=O) groups is 1. The molecule has 0 fully saturated rings. The molecule has 0 spiro atoms. The van der Waals surface area contributed by atoms with Crippen LogP contribution in [0.4, 0.5) is 0 Å². The fraction of sp³-hybridized carbons (Fsp3) is 0.467. The van der Waals surface area contributed by atoms with E-state index in [0.717, 1.165) is 11.1 Å². The van der Waals surface area contributed by atoms with Gasteiger partial charge in [-0.2, -0.15) is 5.26 Å². The second-order valence-corrected chi connectivity index (χ2v) is 4.99. The summed E-state index contributed by atoms with van der Waals surface area (Å²) < 4.78 is 0. The minimum Gasteiger partial charge on any atom is -0.293 e. The monoisotopic (exact) mass is 229 g/mol. The Hall–Kier alpha value is -1.62. The van der Waals surface area contributed by atoms with Crippen LogP contribution in [0.3, 0.4) is 0 Å². The molecule has 0 saturated heterocycles. The third kappa shape index (κ3) is 3.42. The van der Waals surface area contributed by atoms with Crippen molar-refractivity contribution in [3.8, 4) is 6.07 Å². The molecule has 2 heteroatoms. The van der Waals surface area contributed by atoms with Crippen molar-refractivity contribution in [3.05, 3.63) is 34.9 Å². The Morgan fingerprint density at radius 3 is 2.53 bits per heavy atom. The zero-order chi connectivity index (χ0) is 13.0. The van der Waals surface area contributed by atoms with Gasteiger partial charge in [0.1, 0.15) is 5.92 Å². The highest BCUT2D eigenvalue weighted by molar-refractivity contribution is 6.00. The lowest BCUT2D eigenvalue weighted by atomic mass is 9.88. The van der Waals surface area contributed by atoms with E-state index in [0.29, 0.717) is 17.9 Å². The maximum Gasteiger partial charge on any atom is 0.180 e. The van der Waals surface area contributed by atoms with Crippen molar-refractivity contribution in [2.45, 2.75) is 34.1 Å². The average Bonchev–Trinajstić information content (AvgIpc) is 2.28. The highest BCUT2D eigenvalue weighted by Gasteiger charge is 2.22. The van der Waals surface area contributed by atoms with Crippen LogP contribution in [-0.4, -0.2) is 5.78 Å². The van der Waals surface area contributed by atoms with Gasteiger partial charge in [0, 0.05) is 5.56 Å². The third-order valence-electron chi connectivity index (χ3n) is 2.84. The first-order chi connectivity index (χ1) is 7.95. The van der Waals surface area contributed by atoms with Gasteiger partial charge in [-0.05, 0) is 37.8 Å². The Morgan fingerprint density at radius 2 is 2.00 bits per heavy atom. The lowest BCUT2D eigenvalue weighted by Crippen LogP contribution is -2.16. The molecule has 1 unspecified atom stereocenters. The van der Waals surface area contributed by atoms with Crippen LogP contribution in [0.1, 0.15) is 41.8 Å². The van der Waals surface area contributed by atoms with E-state index >= 15 is 0 Å². The molecule has 1 atom stereocenters. The first kappa shape index (κ1) is 13.4. The van der Waals surface area contributed by atoms with E-state index in [2.05, 4.69) is 6.07 Å². The van der Waals surface area contributed by atoms with Crippen LogP contribution in [0.5, 0.6) is 0 Å². The Labute approximate surface area is 103 Å². The lowest BCUT2D eigenvalue weighted by Gasteiger charge is -2.12. The van der Waals surface area contributed by atoms with Gasteiger partial charge in [-0.25, -0.2) is 0 Å². The number of nitrogens with zero attached hydrogens (tertiary/aromatic N) is 1. The maximum atomic E-state index is 12.3. The number of hydrogen-bond donors (Lipinski definition) is 0. The Balaban J connectivity index is 3.02. The summed E-state index contributed by atoms with van der Waals surface area (Å²) in [6.07, 6.45) is 0.628. The minimum absolute atomic E-state index is 0.0394. The van der Waals surface area contributed by atoms with Crippen LogP contribution in [0.25, 0.3) is 0 Å². The molecule has 90 valence electrons. The molecule has 0 aliphatic carbocycles. The van der Waals surface area contributed by atoms with E-state index in [-0.39, 0.29) is 5.78 Å². The largest absolute Gasteiger partial charge is 0.293 e. The fourth-order valence-corrected chi connectivity index (χ4v) is 1.88. The molecule has 0 N–H and O–H groups in total. The number of ketones is 1. The topological polar surface area (TPSA) is 40.9 Å². The fourth-order valence-electron chi connectivity index (χ4n) is 1.88. The summed E-state index contributed by atoms with van der Waals surface area (Å²) in [5, 5.41) is 9.10. The molecule has 0 bridgehead atoms. The smallest absolute Gasteiger partial charge is 0.180 e. The summed E-state index contributed by atoms with van der Waals surface area (Å²) in [6.45, 7) is 7.93. The number of aryl methyl sites for hydroxylation is 2. The molecule has 0 radical (unpaired) electrons. The molecular formula is C15H19NO. The predicted octanol–water partition coefficient (Wildman–Crippen LogP) is 3.67. The van der Waals surface area contributed by atoms with Crippen LogP contribution in [0.2, 0.25) is 0 Å². The molecule has 2 nitrogen and oxygen atoms in total. The zero-order valence-electron chi connectivity index (χ0n) is 10.9. The minimum atomic E-state index is -0.518. The van der Waals surface area contributed by atoms with Gasteiger partial charge in [0.05, 0.1) is 6.07 Å². The van der Waals surface area contributed by atoms with Crippen molar-refractivity contribution in [2.24, 2.45) is 11.8 Å². The van der Waals surface area contributed by atoms with Crippen LogP contribution < -0.4 is 0 Å². The quantitative estimate of drug-likeness (QED) is 0.739. The molecule has 1 rings (SSSR count). The van der Waals surface area contributed by atoms with Crippen molar-refractivity contribution in [2.75, 3.05) is 0 Å². The number of benzene rings is 1. The van der Waals surface area contributed by atoms with Crippen LogP contribution in [-0.2, 0) is 0 Å². The van der Waals surface area contributed by atoms with Crippen LogP contribution in [0, 0.1) is 37.0 Å². The SMILES string of the molecule is Cc1ccc(C)c(C(=O)C(C#N)CC(C)C)c1. The van der Waals surface area contributed by atoms with Crippen molar-refractivity contribution >= 4 is 5.78 Å². The van der Waals surface area contributed by atoms with E-state index in [1.165, 1.54) is 0 Å². The predicted molar refractivity (Wildman–Crippen MR) is 68.8 cm³/mol. The summed E-state index contributed by atoms with van der Waals surface area (Å²) >= 11 is 0. The van der Waals surface area contributed by atoms with E-state index < -0.39 is 5.92 Å². The average molecular weight is 229 g/mol. The number of rotatable bonds is 4. The maximum absolute atomic E-state index is 12.3. The van der Waals surface area contributed by atoms with E-state index in [1.807, 2.05) is 45.9 Å². The van der Waals surface area contributed by atoms with Gasteiger partial charge >= 0.3 is 0 Å². The number of nitriles is 1. The molecule has 17 heavy (non-hydrogen) atoms. The zero-order valence-corrected chi connectivity index (χ0v) is 10.9. The van der Waals surface area contributed by atoms with Gasteiger partial charge in [-0.3, -0.25) is 4.79 Å². The first-order valence-corrected chi connectivity index (χ1v) is 5.96. The summed E-state index contributed by atoms with van der Waals surface area (Å²) in [5.74, 6) is -0.202. The highest BCUT2D eigenvalue weighted by Crippen LogP contribution is 2.20. The summed E-state index contributed by atoms with van der Waals surface area (Å²) in [7, 11) is 0. The Morgan fingerprint density at radius 1 is 1.35 bits per heavy atom. The van der Waals surface area contributed by atoms with Gasteiger partial charge in [-0.1, -0.05) is 31.5 Å². The second kappa shape index (κ2) is 5.63. The lowest BCUT2D eigenvalue weighted by molar-refractivity contribution is 0.0936. The number of carbonyl (C=O) groups excluding carboxylic acids is 1. The molecule has 0 heterocycles.